The van der Waals surface area contributed by atoms with Crippen molar-refractivity contribution in [2.75, 3.05) is 0 Å². The van der Waals surface area contributed by atoms with Gasteiger partial charge in [0.2, 0.25) is 16.6 Å². The van der Waals surface area contributed by atoms with Gasteiger partial charge >= 0.3 is 0 Å². The lowest BCUT2D eigenvalue weighted by Crippen LogP contribution is -2.47. The van der Waals surface area contributed by atoms with Crippen molar-refractivity contribution in [1.29, 1.82) is 0 Å². The minimum atomic E-state index is -1.75. The highest BCUT2D eigenvalue weighted by atomic mass is 32.1. The maximum atomic E-state index is 7.06. The molecule has 0 aromatic carbocycles. The van der Waals surface area contributed by atoms with Crippen molar-refractivity contribution in [3.8, 4) is 0 Å². The van der Waals surface area contributed by atoms with Gasteiger partial charge in [0, 0.05) is 26.5 Å². The Hall–Kier alpha value is 0.374. The van der Waals surface area contributed by atoms with E-state index in [-0.39, 0.29) is 21.7 Å². The Morgan fingerprint density at radius 3 is 0.882 bits per heavy atom. The highest BCUT2D eigenvalue weighted by Gasteiger charge is 2.63. The molecule has 2 rings (SSSR count). The van der Waals surface area contributed by atoms with Gasteiger partial charge in [-0.1, -0.05) is 83.1 Å². The van der Waals surface area contributed by atoms with Crippen LogP contribution in [0.15, 0.2) is 22.1 Å². The zero-order valence-electron chi connectivity index (χ0n) is 25.9. The lowest BCUT2D eigenvalue weighted by molar-refractivity contribution is 0.316. The van der Waals surface area contributed by atoms with Gasteiger partial charge in [-0.25, -0.2) is 0 Å². The first-order valence-corrected chi connectivity index (χ1v) is 23.5. The van der Waals surface area contributed by atoms with Crippen LogP contribution in [0.5, 0.6) is 0 Å². The van der Waals surface area contributed by atoms with E-state index in [4.69, 9.17) is 8.85 Å². The fourth-order valence-corrected chi connectivity index (χ4v) is 21.0. The van der Waals surface area contributed by atoms with Gasteiger partial charge in [-0.2, -0.15) is 0 Å². The number of rotatable bonds is 5. The third-order valence-electron chi connectivity index (χ3n) is 6.21. The van der Waals surface area contributed by atoms with Gasteiger partial charge in [0.1, 0.15) is 11.0 Å². The highest BCUT2D eigenvalue weighted by molar-refractivity contribution is 8.35. The van der Waals surface area contributed by atoms with Gasteiger partial charge in [-0.15, -0.1) is 0 Å². The molecule has 0 aromatic rings. The molecule has 0 bridgehead atoms. The van der Waals surface area contributed by atoms with Crippen molar-refractivity contribution in [2.24, 2.45) is 21.7 Å². The highest BCUT2D eigenvalue weighted by Crippen LogP contribution is 2.95. The second-order valence-electron chi connectivity index (χ2n) is 16.6. The molecule has 4 atom stereocenters. The summed E-state index contributed by atoms with van der Waals surface area (Å²) in [4.78, 5) is 0. The van der Waals surface area contributed by atoms with Gasteiger partial charge in [-0.3, -0.25) is 0 Å². The molecular formula is C28H56O2P2Si2. The second kappa shape index (κ2) is 8.99. The minimum Gasteiger partial charge on any atom is -0.544 e. The Morgan fingerprint density at radius 1 is 0.500 bits per heavy atom. The molecule has 2 aliphatic rings. The van der Waals surface area contributed by atoms with E-state index in [0.717, 1.165) is 0 Å². The first-order chi connectivity index (χ1) is 14.7. The molecule has 0 saturated heterocycles. The van der Waals surface area contributed by atoms with Crippen LogP contribution in [0.1, 0.15) is 83.1 Å². The molecule has 0 radical (unpaired) electrons. The summed E-state index contributed by atoms with van der Waals surface area (Å²) in [5.74, 6) is 0. The molecule has 198 valence electrons. The third-order valence-corrected chi connectivity index (χ3v) is 17.1. The van der Waals surface area contributed by atoms with E-state index in [1.54, 1.807) is 11.1 Å². The first kappa shape index (κ1) is 30.6. The zero-order chi connectivity index (χ0) is 27.0. The van der Waals surface area contributed by atoms with Crippen LogP contribution in [0.3, 0.4) is 0 Å². The molecule has 2 heterocycles. The summed E-state index contributed by atoms with van der Waals surface area (Å²) >= 11 is 0. The predicted octanol–water partition coefficient (Wildman–Crippen LogP) is 10.9. The molecule has 0 aliphatic carbocycles. The minimum absolute atomic E-state index is 0.125. The lowest BCUT2D eigenvalue weighted by atomic mass is 9.76. The summed E-state index contributed by atoms with van der Waals surface area (Å²) in [6, 6.07) is 0. The van der Waals surface area contributed by atoms with E-state index in [9.17, 15) is 0 Å². The summed E-state index contributed by atoms with van der Waals surface area (Å²) in [6.07, 6.45) is 0. The molecule has 2 unspecified atom stereocenters. The molecule has 6 heteroatoms. The molecule has 0 spiro atoms. The molecular weight excluding hydrogens is 486 g/mol. The standard InChI is InChI=1S/C28H56O2P2Si2/c1-25(2,3)19-21(27(7,8)9)31(23(19)29-33(13,14)15)32-22(28(10,11)12)20(26(4,5)6)24(32)30-34(16,17)18/h21-22H,1-18H3/t21-,22+,31?,32?. The average Bonchev–Trinajstić information content (AvgIpc) is 2.44. The largest absolute Gasteiger partial charge is 0.544 e. The summed E-state index contributed by atoms with van der Waals surface area (Å²) < 4.78 is 14.1. The van der Waals surface area contributed by atoms with Gasteiger partial charge in [0.05, 0.1) is 0 Å². The quantitative estimate of drug-likeness (QED) is 0.254. The van der Waals surface area contributed by atoms with Crippen LogP contribution in [0, 0.1) is 21.7 Å². The van der Waals surface area contributed by atoms with Crippen molar-refractivity contribution >= 4 is 31.9 Å². The van der Waals surface area contributed by atoms with Gasteiger partial charge in [-0.05, 0) is 72.1 Å². The van der Waals surface area contributed by atoms with Crippen LogP contribution < -0.4 is 0 Å². The number of hydrogen-bond donors (Lipinski definition) is 0. The van der Waals surface area contributed by atoms with Crippen LogP contribution in [-0.4, -0.2) is 28.0 Å². The molecule has 2 nitrogen and oxygen atoms in total. The van der Waals surface area contributed by atoms with Gasteiger partial charge in [0.15, 0.2) is 0 Å². The molecule has 0 amide bonds. The Labute approximate surface area is 217 Å². The van der Waals surface area contributed by atoms with Crippen LogP contribution in [0.4, 0.5) is 0 Å². The van der Waals surface area contributed by atoms with Crippen molar-refractivity contribution in [2.45, 2.75) is 134 Å². The average molecular weight is 543 g/mol. The molecule has 0 saturated carbocycles. The van der Waals surface area contributed by atoms with Crippen LogP contribution in [-0.2, 0) is 8.85 Å². The Morgan fingerprint density at radius 2 is 0.735 bits per heavy atom. The normalized spacial score (nSPS) is 27.5. The number of allylic oxidation sites excluding steroid dienone is 2. The number of hydrogen-bond acceptors (Lipinski definition) is 2. The van der Waals surface area contributed by atoms with E-state index >= 15 is 0 Å². The van der Waals surface area contributed by atoms with E-state index in [2.05, 4.69) is 122 Å². The van der Waals surface area contributed by atoms with E-state index in [0.29, 0.717) is 11.3 Å². The Bertz CT molecular complexity index is 776. The maximum absolute atomic E-state index is 7.06. The van der Waals surface area contributed by atoms with E-state index in [1.165, 1.54) is 11.0 Å². The second-order valence-corrected chi connectivity index (χ2v) is 31.3. The SMILES string of the molecule is CC(C)(C)C1=C(O[Si](C)(C)C)P(P2C(O[Si](C)(C)C)=C(C(C)(C)C)[C@@H]2C(C)(C)C)[C@@H]1C(C)(C)C. The summed E-state index contributed by atoms with van der Waals surface area (Å²) in [5, 5.41) is 0. The summed E-state index contributed by atoms with van der Waals surface area (Å²) in [7, 11) is -4.35. The van der Waals surface area contributed by atoms with Crippen molar-refractivity contribution in [3.63, 3.8) is 0 Å². The van der Waals surface area contributed by atoms with Crippen molar-refractivity contribution in [1.82, 2.24) is 0 Å². The van der Waals surface area contributed by atoms with Crippen LogP contribution in [0.25, 0.3) is 0 Å². The van der Waals surface area contributed by atoms with Crippen molar-refractivity contribution in [3.05, 3.63) is 22.1 Å². The first-order valence-electron chi connectivity index (χ1n) is 13.1. The fourth-order valence-electron chi connectivity index (χ4n) is 5.12. The third kappa shape index (κ3) is 6.43. The molecule has 0 N–H and O–H groups in total. The Kier molecular flexibility index (Phi) is 8.09. The molecule has 34 heavy (non-hydrogen) atoms. The predicted molar refractivity (Wildman–Crippen MR) is 162 cm³/mol. The zero-order valence-corrected chi connectivity index (χ0v) is 29.7. The lowest BCUT2D eigenvalue weighted by Gasteiger charge is -2.62. The molecule has 2 aliphatic heterocycles. The Balaban J connectivity index is 2.85. The van der Waals surface area contributed by atoms with E-state index in [1.807, 2.05) is 0 Å². The monoisotopic (exact) mass is 542 g/mol. The van der Waals surface area contributed by atoms with Crippen molar-refractivity contribution < 1.29 is 8.85 Å². The summed E-state index contributed by atoms with van der Waals surface area (Å²) in [6.45, 7) is 43.2. The van der Waals surface area contributed by atoms with Gasteiger partial charge in [0.25, 0.3) is 0 Å². The van der Waals surface area contributed by atoms with Crippen LogP contribution in [0.2, 0.25) is 39.3 Å². The van der Waals surface area contributed by atoms with Gasteiger partial charge < -0.3 is 8.85 Å². The van der Waals surface area contributed by atoms with E-state index < -0.39 is 31.9 Å². The fraction of sp³-hybridized carbons (Fsp3) is 0.857. The summed E-state index contributed by atoms with van der Waals surface area (Å²) in [5.41, 5.74) is 7.87. The maximum Gasteiger partial charge on any atom is 0.242 e. The van der Waals surface area contributed by atoms with Crippen LogP contribution >= 0.6 is 15.2 Å². The topological polar surface area (TPSA) is 18.5 Å². The molecule has 0 aromatic heterocycles. The smallest absolute Gasteiger partial charge is 0.242 e. The molecule has 0 fully saturated rings.